The number of aromatic nitrogens is 1. The van der Waals surface area contributed by atoms with Gasteiger partial charge in [-0.1, -0.05) is 30.3 Å². The summed E-state index contributed by atoms with van der Waals surface area (Å²) in [5.41, 5.74) is 0.838. The lowest BCUT2D eigenvalue weighted by Crippen LogP contribution is -2.43. The van der Waals surface area contributed by atoms with Crippen molar-refractivity contribution in [3.05, 3.63) is 47.0 Å². The van der Waals surface area contributed by atoms with E-state index in [0.717, 1.165) is 44.3 Å². The third-order valence-corrected chi connectivity index (χ3v) is 6.61. The summed E-state index contributed by atoms with van der Waals surface area (Å²) in [5.74, 6) is 0.371. The monoisotopic (exact) mass is 398 g/mol. The van der Waals surface area contributed by atoms with Crippen molar-refractivity contribution >= 4 is 28.3 Å². The molecule has 0 bridgehead atoms. The number of rotatable bonds is 5. The molecule has 1 atom stereocenters. The van der Waals surface area contributed by atoms with Crippen LogP contribution in [0.15, 0.2) is 36.5 Å². The predicted molar refractivity (Wildman–Crippen MR) is 110 cm³/mol. The Morgan fingerprint density at radius 1 is 1.21 bits per heavy atom. The number of anilines is 1. The molecule has 1 aromatic carbocycles. The Labute approximate surface area is 169 Å². The summed E-state index contributed by atoms with van der Waals surface area (Å²) < 4.78 is 0. The van der Waals surface area contributed by atoms with Crippen LogP contribution in [0, 0.1) is 0 Å². The number of carbonyl (C=O) groups is 2. The van der Waals surface area contributed by atoms with E-state index < -0.39 is 6.04 Å². The topological polar surface area (TPSA) is 74.3 Å². The van der Waals surface area contributed by atoms with Crippen LogP contribution in [-0.4, -0.2) is 41.3 Å². The highest BCUT2D eigenvalue weighted by atomic mass is 32.1. The Balaban J connectivity index is 1.52. The maximum absolute atomic E-state index is 13.2. The van der Waals surface area contributed by atoms with Gasteiger partial charge in [0.15, 0.2) is 5.13 Å². The second-order valence-corrected chi connectivity index (χ2v) is 8.50. The lowest BCUT2D eigenvalue weighted by Gasteiger charge is -2.33. The normalized spacial score (nSPS) is 19.4. The lowest BCUT2D eigenvalue weighted by molar-refractivity contribution is -0.141. The van der Waals surface area contributed by atoms with Gasteiger partial charge >= 0.3 is 0 Å². The zero-order valence-corrected chi connectivity index (χ0v) is 16.7. The Kier molecular flexibility index (Phi) is 6.02. The van der Waals surface area contributed by atoms with Gasteiger partial charge in [0, 0.05) is 24.0 Å². The Morgan fingerprint density at radius 2 is 2.00 bits per heavy atom. The van der Waals surface area contributed by atoms with Gasteiger partial charge in [-0.2, -0.15) is 0 Å². The standard InChI is InChI=1S/C21H26N4O2S/c26-18-8-4-5-13-25(18)19(16-6-2-1-3-7-16)20(27)24-21-23-14-17(28-21)15-9-11-22-12-10-15/h1-3,6-7,14-15,19,22H,4-5,8-13H2,(H,23,24,27). The molecule has 2 N–H and O–H groups in total. The molecule has 2 aliphatic rings. The summed E-state index contributed by atoms with van der Waals surface area (Å²) in [6.45, 7) is 2.67. The molecular weight excluding hydrogens is 372 g/mol. The van der Waals surface area contributed by atoms with Crippen LogP contribution in [0.25, 0.3) is 0 Å². The first-order valence-electron chi connectivity index (χ1n) is 10.0. The Morgan fingerprint density at radius 3 is 2.75 bits per heavy atom. The summed E-state index contributed by atoms with van der Waals surface area (Å²) >= 11 is 1.55. The fraction of sp³-hybridized carbons (Fsp3) is 0.476. The molecule has 6 nitrogen and oxygen atoms in total. The highest BCUT2D eigenvalue weighted by Crippen LogP contribution is 2.33. The van der Waals surface area contributed by atoms with Crippen molar-refractivity contribution in [1.82, 2.24) is 15.2 Å². The van der Waals surface area contributed by atoms with Crippen LogP contribution in [-0.2, 0) is 9.59 Å². The van der Waals surface area contributed by atoms with E-state index in [1.807, 2.05) is 36.5 Å². The van der Waals surface area contributed by atoms with Gasteiger partial charge in [0.2, 0.25) is 5.91 Å². The summed E-state index contributed by atoms with van der Waals surface area (Å²) in [5, 5.41) is 6.97. The number of likely N-dealkylation sites (tertiary alicyclic amines) is 1. The summed E-state index contributed by atoms with van der Waals surface area (Å²) in [4.78, 5) is 33.1. The molecule has 2 amide bonds. The molecule has 3 heterocycles. The predicted octanol–water partition coefficient (Wildman–Crippen LogP) is 3.30. The molecule has 2 aromatic rings. The molecule has 1 unspecified atom stereocenters. The van der Waals surface area contributed by atoms with E-state index in [1.54, 1.807) is 16.2 Å². The van der Waals surface area contributed by atoms with Gasteiger partial charge in [-0.05, 0) is 50.3 Å². The number of amides is 2. The average Bonchev–Trinajstić information content (AvgIpc) is 3.20. The first-order valence-corrected chi connectivity index (χ1v) is 10.9. The summed E-state index contributed by atoms with van der Waals surface area (Å²) in [7, 11) is 0. The van der Waals surface area contributed by atoms with Crippen molar-refractivity contribution < 1.29 is 9.59 Å². The van der Waals surface area contributed by atoms with Gasteiger partial charge < -0.3 is 10.2 Å². The molecule has 7 heteroatoms. The third kappa shape index (κ3) is 4.25. The molecule has 0 saturated carbocycles. The molecule has 4 rings (SSSR count). The van der Waals surface area contributed by atoms with Crippen molar-refractivity contribution in [3.63, 3.8) is 0 Å². The van der Waals surface area contributed by atoms with Gasteiger partial charge in [-0.15, -0.1) is 11.3 Å². The number of nitrogens with zero attached hydrogens (tertiary/aromatic N) is 2. The van der Waals surface area contributed by atoms with E-state index in [-0.39, 0.29) is 11.8 Å². The van der Waals surface area contributed by atoms with Crippen LogP contribution in [0.1, 0.15) is 54.5 Å². The van der Waals surface area contributed by atoms with Crippen molar-refractivity contribution in [2.45, 2.75) is 44.1 Å². The number of thiazole rings is 1. The largest absolute Gasteiger partial charge is 0.327 e. The molecule has 28 heavy (non-hydrogen) atoms. The molecule has 148 valence electrons. The molecular formula is C21H26N4O2S. The smallest absolute Gasteiger partial charge is 0.253 e. The number of nitrogens with one attached hydrogen (secondary N) is 2. The molecule has 2 aliphatic heterocycles. The van der Waals surface area contributed by atoms with Gasteiger partial charge in [-0.25, -0.2) is 4.98 Å². The van der Waals surface area contributed by atoms with E-state index in [2.05, 4.69) is 15.6 Å². The highest BCUT2D eigenvalue weighted by molar-refractivity contribution is 7.15. The maximum Gasteiger partial charge on any atom is 0.253 e. The van der Waals surface area contributed by atoms with E-state index in [0.29, 0.717) is 24.0 Å². The summed E-state index contributed by atoms with van der Waals surface area (Å²) in [6, 6.07) is 8.94. The first-order chi connectivity index (χ1) is 13.7. The molecule has 0 aliphatic carbocycles. The minimum Gasteiger partial charge on any atom is -0.327 e. The van der Waals surface area contributed by atoms with Gasteiger partial charge in [0.05, 0.1) is 0 Å². The maximum atomic E-state index is 13.2. The van der Waals surface area contributed by atoms with Crippen LogP contribution in [0.2, 0.25) is 0 Å². The van der Waals surface area contributed by atoms with Crippen LogP contribution < -0.4 is 10.6 Å². The fourth-order valence-corrected chi connectivity index (χ4v) is 5.01. The van der Waals surface area contributed by atoms with Crippen molar-refractivity contribution in [2.75, 3.05) is 25.0 Å². The van der Waals surface area contributed by atoms with Crippen LogP contribution in [0.5, 0.6) is 0 Å². The molecule has 1 aromatic heterocycles. The van der Waals surface area contributed by atoms with Crippen LogP contribution in [0.4, 0.5) is 5.13 Å². The molecule has 0 radical (unpaired) electrons. The fourth-order valence-electron chi connectivity index (χ4n) is 4.02. The van der Waals surface area contributed by atoms with Gasteiger partial charge in [0.1, 0.15) is 6.04 Å². The minimum atomic E-state index is -0.611. The Bertz CT molecular complexity index is 817. The van der Waals surface area contributed by atoms with Crippen LogP contribution >= 0.6 is 11.3 Å². The SMILES string of the molecule is O=C(Nc1ncc(C2CCNCC2)s1)C(c1ccccc1)N1CCCCC1=O. The number of benzene rings is 1. The molecule has 2 fully saturated rings. The van der Waals surface area contributed by atoms with Gasteiger partial charge in [-0.3, -0.25) is 14.9 Å². The minimum absolute atomic E-state index is 0.0461. The quantitative estimate of drug-likeness (QED) is 0.810. The first kappa shape index (κ1) is 19.1. The lowest BCUT2D eigenvalue weighted by atomic mass is 9.97. The number of piperidine rings is 2. The van der Waals surface area contributed by atoms with E-state index >= 15 is 0 Å². The van der Waals surface area contributed by atoms with E-state index in [1.165, 1.54) is 4.88 Å². The van der Waals surface area contributed by atoms with Crippen molar-refractivity contribution in [2.24, 2.45) is 0 Å². The second-order valence-electron chi connectivity index (χ2n) is 7.44. The zero-order chi connectivity index (χ0) is 19.3. The zero-order valence-electron chi connectivity index (χ0n) is 15.9. The molecule has 2 saturated heterocycles. The van der Waals surface area contributed by atoms with E-state index in [4.69, 9.17) is 0 Å². The van der Waals surface area contributed by atoms with Crippen molar-refractivity contribution in [3.8, 4) is 0 Å². The highest BCUT2D eigenvalue weighted by Gasteiger charge is 2.33. The van der Waals surface area contributed by atoms with Crippen LogP contribution in [0.3, 0.4) is 0 Å². The number of carbonyl (C=O) groups excluding carboxylic acids is 2. The third-order valence-electron chi connectivity index (χ3n) is 5.53. The second kappa shape index (κ2) is 8.84. The van der Waals surface area contributed by atoms with Gasteiger partial charge in [0.25, 0.3) is 5.91 Å². The Hall–Kier alpha value is -2.25. The number of hydrogen-bond acceptors (Lipinski definition) is 5. The molecule has 0 spiro atoms. The number of hydrogen-bond donors (Lipinski definition) is 2. The van der Waals surface area contributed by atoms with E-state index in [9.17, 15) is 9.59 Å². The average molecular weight is 399 g/mol. The summed E-state index contributed by atoms with van der Waals surface area (Å²) in [6.07, 6.45) is 6.42. The van der Waals surface area contributed by atoms with Crippen molar-refractivity contribution in [1.29, 1.82) is 0 Å².